The number of hydrogen-bond donors (Lipinski definition) is 1. The molecule has 2 aromatic heterocycles. The summed E-state index contributed by atoms with van der Waals surface area (Å²) >= 11 is 15.9. The molecular weight excluding hydrogens is 349 g/mol. The number of amides is 1. The smallest absolute Gasteiger partial charge is 0.259 e. The minimum Gasteiger partial charge on any atom is -0.305 e. The Morgan fingerprint density at radius 2 is 2.12 bits per heavy atom. The molecule has 2 heterocycles. The SMILES string of the molecule is O=C(Nc1cnc(Br)cn1)c1cc(Cl)sc1Cl. The zero-order valence-electron chi connectivity index (χ0n) is 8.08. The van der Waals surface area contributed by atoms with E-state index in [0.29, 0.717) is 24.7 Å². The van der Waals surface area contributed by atoms with Gasteiger partial charge in [-0.2, -0.15) is 0 Å². The summed E-state index contributed by atoms with van der Waals surface area (Å²) in [5.74, 6) is -0.0219. The van der Waals surface area contributed by atoms with Gasteiger partial charge in [-0.15, -0.1) is 11.3 Å². The van der Waals surface area contributed by atoms with Crippen LogP contribution in [0, 0.1) is 0 Å². The molecule has 2 aromatic rings. The number of hydrogen-bond acceptors (Lipinski definition) is 4. The Balaban J connectivity index is 2.17. The van der Waals surface area contributed by atoms with E-state index in [9.17, 15) is 4.79 Å². The highest BCUT2D eigenvalue weighted by atomic mass is 79.9. The molecule has 0 radical (unpaired) electrons. The van der Waals surface area contributed by atoms with E-state index in [2.05, 4.69) is 31.2 Å². The van der Waals surface area contributed by atoms with Crippen LogP contribution in [-0.2, 0) is 0 Å². The maximum absolute atomic E-state index is 11.8. The average molecular weight is 353 g/mol. The van der Waals surface area contributed by atoms with E-state index in [-0.39, 0.29) is 5.91 Å². The van der Waals surface area contributed by atoms with Gasteiger partial charge in [0.25, 0.3) is 5.91 Å². The van der Waals surface area contributed by atoms with Crippen molar-refractivity contribution < 1.29 is 4.79 Å². The van der Waals surface area contributed by atoms with Gasteiger partial charge < -0.3 is 5.32 Å². The Bertz CT molecular complexity index is 558. The van der Waals surface area contributed by atoms with Gasteiger partial charge in [-0.25, -0.2) is 9.97 Å². The van der Waals surface area contributed by atoms with E-state index >= 15 is 0 Å². The van der Waals surface area contributed by atoms with Gasteiger partial charge in [-0.05, 0) is 22.0 Å². The zero-order valence-corrected chi connectivity index (χ0v) is 12.0. The second-order valence-corrected chi connectivity index (χ2v) is 6.01. The number of aromatic nitrogens is 2. The van der Waals surface area contributed by atoms with Gasteiger partial charge in [0.05, 0.1) is 22.3 Å². The molecule has 4 nitrogen and oxygen atoms in total. The lowest BCUT2D eigenvalue weighted by Crippen LogP contribution is -2.12. The summed E-state index contributed by atoms with van der Waals surface area (Å²) in [7, 11) is 0. The molecule has 0 saturated carbocycles. The molecule has 17 heavy (non-hydrogen) atoms. The predicted molar refractivity (Wildman–Crippen MR) is 72.0 cm³/mol. The molecule has 0 aliphatic carbocycles. The van der Waals surface area contributed by atoms with Gasteiger partial charge in [0, 0.05) is 0 Å². The van der Waals surface area contributed by atoms with Crippen LogP contribution in [0.15, 0.2) is 23.1 Å². The second-order valence-electron chi connectivity index (χ2n) is 2.92. The third kappa shape index (κ3) is 3.16. The lowest BCUT2D eigenvalue weighted by atomic mass is 10.3. The molecule has 0 aliphatic rings. The Kier molecular flexibility index (Phi) is 3.98. The monoisotopic (exact) mass is 351 g/mol. The fourth-order valence-electron chi connectivity index (χ4n) is 1.06. The molecule has 0 aromatic carbocycles. The number of rotatable bonds is 2. The predicted octanol–water partition coefficient (Wildman–Crippen LogP) is 3.86. The highest BCUT2D eigenvalue weighted by Crippen LogP contribution is 2.31. The molecule has 88 valence electrons. The maximum Gasteiger partial charge on any atom is 0.259 e. The summed E-state index contributed by atoms with van der Waals surface area (Å²) in [6, 6.07) is 1.51. The Hall–Kier alpha value is -0.690. The van der Waals surface area contributed by atoms with Gasteiger partial charge in [0.1, 0.15) is 8.94 Å². The van der Waals surface area contributed by atoms with Gasteiger partial charge in [0.2, 0.25) is 0 Å². The van der Waals surface area contributed by atoms with E-state index in [1.807, 2.05) is 0 Å². The third-order valence-corrected chi connectivity index (χ3v) is 3.66. The van der Waals surface area contributed by atoms with Crippen LogP contribution in [0.4, 0.5) is 5.82 Å². The van der Waals surface area contributed by atoms with Crippen molar-refractivity contribution in [2.75, 3.05) is 5.32 Å². The number of anilines is 1. The van der Waals surface area contributed by atoms with Gasteiger partial charge >= 0.3 is 0 Å². The Morgan fingerprint density at radius 3 is 2.65 bits per heavy atom. The third-order valence-electron chi connectivity index (χ3n) is 1.76. The minimum atomic E-state index is -0.366. The molecule has 1 amide bonds. The van der Waals surface area contributed by atoms with Crippen LogP contribution >= 0.6 is 50.5 Å². The van der Waals surface area contributed by atoms with Crippen molar-refractivity contribution in [3.05, 3.63) is 37.3 Å². The Labute approximate surface area is 119 Å². The van der Waals surface area contributed by atoms with Crippen LogP contribution in [0.2, 0.25) is 8.67 Å². The van der Waals surface area contributed by atoms with Crippen molar-refractivity contribution in [1.82, 2.24) is 9.97 Å². The molecular formula is C9H4BrCl2N3OS. The van der Waals surface area contributed by atoms with E-state index in [4.69, 9.17) is 23.2 Å². The fraction of sp³-hybridized carbons (Fsp3) is 0. The molecule has 0 fully saturated rings. The van der Waals surface area contributed by atoms with E-state index in [1.54, 1.807) is 0 Å². The largest absolute Gasteiger partial charge is 0.305 e. The van der Waals surface area contributed by atoms with E-state index in [0.717, 1.165) is 11.3 Å². The lowest BCUT2D eigenvalue weighted by Gasteiger charge is -2.02. The first-order valence-electron chi connectivity index (χ1n) is 4.30. The number of nitrogens with zero attached hydrogens (tertiary/aromatic N) is 2. The molecule has 2 rings (SSSR count). The summed E-state index contributed by atoms with van der Waals surface area (Å²) in [4.78, 5) is 19.7. The number of carbonyl (C=O) groups is 1. The number of halogens is 3. The molecule has 0 unspecified atom stereocenters. The lowest BCUT2D eigenvalue weighted by molar-refractivity contribution is 0.102. The first-order valence-corrected chi connectivity index (χ1v) is 6.66. The highest BCUT2D eigenvalue weighted by molar-refractivity contribution is 9.10. The quantitative estimate of drug-likeness (QED) is 0.892. The standard InChI is InChI=1S/C9H4BrCl2N3OS/c10-5-2-14-7(3-13-5)15-9(16)4-1-6(11)17-8(4)12/h1-3H,(H,14,15,16). The maximum atomic E-state index is 11.8. The average Bonchev–Trinajstić information content (AvgIpc) is 2.61. The molecule has 0 saturated heterocycles. The first kappa shape index (κ1) is 12.8. The van der Waals surface area contributed by atoms with Crippen molar-refractivity contribution in [3.63, 3.8) is 0 Å². The summed E-state index contributed by atoms with van der Waals surface area (Å²) in [6.07, 6.45) is 2.92. The summed E-state index contributed by atoms with van der Waals surface area (Å²) in [5, 5.41) is 2.57. The number of carbonyl (C=O) groups excluding carboxylic acids is 1. The van der Waals surface area contributed by atoms with Gasteiger partial charge in [0.15, 0.2) is 5.82 Å². The highest BCUT2D eigenvalue weighted by Gasteiger charge is 2.14. The summed E-state index contributed by atoms with van der Waals surface area (Å²) < 4.78 is 1.40. The zero-order chi connectivity index (χ0) is 12.4. The first-order chi connectivity index (χ1) is 8.06. The summed E-state index contributed by atoms with van der Waals surface area (Å²) in [5.41, 5.74) is 0.325. The van der Waals surface area contributed by atoms with Crippen LogP contribution in [0.1, 0.15) is 10.4 Å². The fourth-order valence-corrected chi connectivity index (χ4v) is 2.72. The van der Waals surface area contributed by atoms with Crippen molar-refractivity contribution in [3.8, 4) is 0 Å². The van der Waals surface area contributed by atoms with E-state index in [1.165, 1.54) is 18.5 Å². The molecule has 0 aliphatic heterocycles. The van der Waals surface area contributed by atoms with Crippen molar-refractivity contribution in [1.29, 1.82) is 0 Å². The van der Waals surface area contributed by atoms with Crippen molar-refractivity contribution in [2.45, 2.75) is 0 Å². The van der Waals surface area contributed by atoms with Crippen molar-refractivity contribution in [2.24, 2.45) is 0 Å². The molecule has 8 heteroatoms. The normalized spacial score (nSPS) is 10.3. The molecule has 0 bridgehead atoms. The van der Waals surface area contributed by atoms with Crippen LogP contribution in [0.25, 0.3) is 0 Å². The van der Waals surface area contributed by atoms with Crippen LogP contribution < -0.4 is 5.32 Å². The Morgan fingerprint density at radius 1 is 1.35 bits per heavy atom. The minimum absolute atomic E-state index is 0.325. The number of nitrogens with one attached hydrogen (secondary N) is 1. The van der Waals surface area contributed by atoms with Crippen LogP contribution in [-0.4, -0.2) is 15.9 Å². The molecule has 1 N–H and O–H groups in total. The van der Waals surface area contributed by atoms with Crippen LogP contribution in [0.5, 0.6) is 0 Å². The topological polar surface area (TPSA) is 54.9 Å². The number of thiophene rings is 1. The second kappa shape index (κ2) is 5.30. The molecule has 0 atom stereocenters. The van der Waals surface area contributed by atoms with Crippen molar-refractivity contribution >= 4 is 62.2 Å². The van der Waals surface area contributed by atoms with Crippen LogP contribution in [0.3, 0.4) is 0 Å². The summed E-state index contributed by atoms with van der Waals surface area (Å²) in [6.45, 7) is 0. The van der Waals surface area contributed by atoms with E-state index < -0.39 is 0 Å². The van der Waals surface area contributed by atoms with Gasteiger partial charge in [-0.3, -0.25) is 4.79 Å². The van der Waals surface area contributed by atoms with Gasteiger partial charge in [-0.1, -0.05) is 23.2 Å². The molecule has 0 spiro atoms.